The summed E-state index contributed by atoms with van der Waals surface area (Å²) in [7, 11) is -3.62. The minimum Gasteiger partial charge on any atom is -0.456 e. The lowest BCUT2D eigenvalue weighted by Gasteiger charge is -2.24. The maximum Gasteiger partial charge on any atom is 0.356 e. The molecule has 3 heterocycles. The van der Waals surface area contributed by atoms with Crippen LogP contribution >= 0.6 is 19.2 Å². The van der Waals surface area contributed by atoms with Crippen molar-refractivity contribution in [2.45, 2.75) is 90.6 Å². The maximum absolute atomic E-state index is 13.0. The first-order valence-corrected chi connectivity index (χ1v) is 15.4. The lowest BCUT2D eigenvalue weighted by Crippen LogP contribution is -2.41. The number of fused-ring (bicyclic) bond motifs is 1. The minimum absolute atomic E-state index is 0.0316. The van der Waals surface area contributed by atoms with E-state index in [9.17, 15) is 14.2 Å². The van der Waals surface area contributed by atoms with E-state index >= 15 is 0 Å². The zero-order valence-electron chi connectivity index (χ0n) is 22.9. The molecule has 2 aromatic heterocycles. The molecule has 16 heteroatoms. The van der Waals surface area contributed by atoms with Crippen LogP contribution < -0.4 is 5.32 Å². The SMILES string of the molecule is CCOP(=O)(COC1O[C@H](Cn2ncc3c(NC4CCCC4)nc(Cl)nc32)[C@H](OC(C)=O)[C@@H]1OC(C)=O)OCC. The number of nitrogens with one attached hydrogen (secondary N) is 1. The summed E-state index contributed by atoms with van der Waals surface area (Å²) in [5.74, 6) is -0.687. The maximum atomic E-state index is 13.0. The summed E-state index contributed by atoms with van der Waals surface area (Å²) in [6.07, 6.45) is 1.15. The first-order valence-electron chi connectivity index (χ1n) is 13.3. The molecule has 4 atom stereocenters. The van der Waals surface area contributed by atoms with Crippen LogP contribution in [0.25, 0.3) is 11.0 Å². The van der Waals surface area contributed by atoms with Gasteiger partial charge in [0, 0.05) is 19.9 Å². The number of halogens is 1. The fourth-order valence-corrected chi connectivity index (χ4v) is 6.40. The third kappa shape index (κ3) is 7.48. The highest BCUT2D eigenvalue weighted by molar-refractivity contribution is 7.53. The second-order valence-electron chi connectivity index (χ2n) is 9.46. The van der Waals surface area contributed by atoms with Crippen LogP contribution in [-0.2, 0) is 48.7 Å². The summed E-state index contributed by atoms with van der Waals surface area (Å²) in [5, 5.41) is 8.60. The highest BCUT2D eigenvalue weighted by atomic mass is 35.5. The zero-order chi connectivity index (χ0) is 28.9. The van der Waals surface area contributed by atoms with Gasteiger partial charge in [-0.25, -0.2) is 4.68 Å². The van der Waals surface area contributed by atoms with Crippen LogP contribution in [0.5, 0.6) is 0 Å². The number of rotatable bonds is 13. The zero-order valence-corrected chi connectivity index (χ0v) is 24.6. The molecule has 1 N–H and O–H groups in total. The van der Waals surface area contributed by atoms with Gasteiger partial charge in [0.05, 0.1) is 31.3 Å². The van der Waals surface area contributed by atoms with E-state index in [2.05, 4.69) is 20.4 Å². The fraction of sp³-hybridized carbons (Fsp3) is 0.708. The first-order chi connectivity index (χ1) is 19.1. The first kappa shape index (κ1) is 30.6. The molecular formula is C24H35ClN5O9P. The van der Waals surface area contributed by atoms with Crippen LogP contribution in [0.15, 0.2) is 6.20 Å². The molecule has 40 heavy (non-hydrogen) atoms. The van der Waals surface area contributed by atoms with Crippen molar-refractivity contribution in [3.63, 3.8) is 0 Å². The van der Waals surface area contributed by atoms with Crippen molar-refractivity contribution in [1.29, 1.82) is 0 Å². The van der Waals surface area contributed by atoms with Gasteiger partial charge in [-0.05, 0) is 38.3 Å². The van der Waals surface area contributed by atoms with Gasteiger partial charge in [0.1, 0.15) is 11.9 Å². The van der Waals surface area contributed by atoms with Crippen molar-refractivity contribution in [3.8, 4) is 0 Å². The molecule has 1 unspecified atom stereocenters. The van der Waals surface area contributed by atoms with E-state index in [0.717, 1.165) is 25.7 Å². The number of hydrogen-bond donors (Lipinski definition) is 1. The molecule has 1 saturated heterocycles. The summed E-state index contributed by atoms with van der Waals surface area (Å²) in [6, 6.07) is 0.288. The minimum atomic E-state index is -3.62. The molecule has 0 bridgehead atoms. The van der Waals surface area contributed by atoms with Crippen molar-refractivity contribution >= 4 is 48.0 Å². The molecule has 14 nitrogen and oxygen atoms in total. The van der Waals surface area contributed by atoms with Crippen LogP contribution in [0.4, 0.5) is 5.82 Å². The van der Waals surface area contributed by atoms with Crippen LogP contribution in [0, 0.1) is 0 Å². The van der Waals surface area contributed by atoms with E-state index in [1.807, 2.05) is 0 Å². The van der Waals surface area contributed by atoms with Gasteiger partial charge in [-0.1, -0.05) is 12.8 Å². The molecule has 1 aliphatic carbocycles. The fourth-order valence-electron chi connectivity index (χ4n) is 4.90. The van der Waals surface area contributed by atoms with E-state index in [-0.39, 0.29) is 31.1 Å². The van der Waals surface area contributed by atoms with Gasteiger partial charge < -0.3 is 33.3 Å². The Hall–Kier alpha value is -2.35. The molecule has 0 amide bonds. The van der Waals surface area contributed by atoms with E-state index in [4.69, 9.17) is 39.6 Å². The van der Waals surface area contributed by atoms with Crippen molar-refractivity contribution in [1.82, 2.24) is 19.7 Å². The highest BCUT2D eigenvalue weighted by Gasteiger charge is 2.51. The number of carbonyl (C=O) groups is 2. The Morgan fingerprint density at radius 1 is 1.10 bits per heavy atom. The van der Waals surface area contributed by atoms with Gasteiger partial charge in [-0.2, -0.15) is 15.1 Å². The van der Waals surface area contributed by atoms with Crippen LogP contribution in [0.1, 0.15) is 53.4 Å². The van der Waals surface area contributed by atoms with Crippen molar-refractivity contribution in [3.05, 3.63) is 11.5 Å². The molecule has 0 aromatic carbocycles. The molecule has 222 valence electrons. The largest absolute Gasteiger partial charge is 0.456 e. The molecule has 2 aromatic rings. The summed E-state index contributed by atoms with van der Waals surface area (Å²) < 4.78 is 47.9. The number of carbonyl (C=O) groups excluding carboxylic acids is 2. The van der Waals surface area contributed by atoms with E-state index in [0.29, 0.717) is 16.9 Å². The Kier molecular flexibility index (Phi) is 10.4. The Bertz CT molecular complexity index is 1230. The lowest BCUT2D eigenvalue weighted by molar-refractivity contribution is -0.184. The van der Waals surface area contributed by atoms with Gasteiger partial charge in [0.25, 0.3) is 0 Å². The number of nitrogens with zero attached hydrogens (tertiary/aromatic N) is 4. The number of anilines is 1. The molecule has 0 radical (unpaired) electrons. The average Bonchev–Trinajstić information content (AvgIpc) is 3.60. The lowest BCUT2D eigenvalue weighted by atomic mass is 10.1. The molecular weight excluding hydrogens is 569 g/mol. The van der Waals surface area contributed by atoms with Crippen LogP contribution in [0.3, 0.4) is 0 Å². The Morgan fingerprint density at radius 2 is 1.75 bits per heavy atom. The normalized spacial score (nSPS) is 23.5. The number of hydrogen-bond acceptors (Lipinski definition) is 13. The predicted octanol–water partition coefficient (Wildman–Crippen LogP) is 3.66. The van der Waals surface area contributed by atoms with Crippen LogP contribution in [0.2, 0.25) is 5.28 Å². The summed E-state index contributed by atoms with van der Waals surface area (Å²) >= 11 is 6.26. The van der Waals surface area contributed by atoms with E-state index in [1.165, 1.54) is 13.8 Å². The third-order valence-corrected chi connectivity index (χ3v) is 8.38. The quantitative estimate of drug-likeness (QED) is 0.201. The second kappa shape index (κ2) is 13.5. The van der Waals surface area contributed by atoms with Crippen molar-refractivity contribution in [2.24, 2.45) is 0 Å². The van der Waals surface area contributed by atoms with Gasteiger partial charge in [0.15, 0.2) is 30.5 Å². The van der Waals surface area contributed by atoms with Gasteiger partial charge >= 0.3 is 19.5 Å². The Labute approximate surface area is 236 Å². The van der Waals surface area contributed by atoms with Gasteiger partial charge in [-0.15, -0.1) is 0 Å². The van der Waals surface area contributed by atoms with E-state index in [1.54, 1.807) is 24.7 Å². The summed E-state index contributed by atoms with van der Waals surface area (Å²) in [6.45, 7) is 6.07. The van der Waals surface area contributed by atoms with Crippen LogP contribution in [-0.4, -0.2) is 81.9 Å². The number of aromatic nitrogens is 4. The summed E-state index contributed by atoms with van der Waals surface area (Å²) in [4.78, 5) is 32.7. The molecule has 1 aliphatic heterocycles. The number of esters is 2. The molecule has 1 saturated carbocycles. The molecule has 2 fully saturated rings. The van der Waals surface area contributed by atoms with Gasteiger partial charge in [0.2, 0.25) is 5.28 Å². The van der Waals surface area contributed by atoms with Gasteiger partial charge in [-0.3, -0.25) is 14.2 Å². The Balaban J connectivity index is 1.60. The average molecular weight is 604 g/mol. The van der Waals surface area contributed by atoms with Crippen molar-refractivity contribution in [2.75, 3.05) is 24.9 Å². The number of ether oxygens (including phenoxy) is 4. The molecule has 4 rings (SSSR count). The third-order valence-electron chi connectivity index (χ3n) is 6.44. The second-order valence-corrected chi connectivity index (χ2v) is 11.8. The highest BCUT2D eigenvalue weighted by Crippen LogP contribution is 2.48. The monoisotopic (exact) mass is 603 g/mol. The predicted molar refractivity (Wildman–Crippen MR) is 143 cm³/mol. The molecule has 0 spiro atoms. The van der Waals surface area contributed by atoms with Crippen molar-refractivity contribution < 1.29 is 42.1 Å². The smallest absolute Gasteiger partial charge is 0.356 e. The summed E-state index contributed by atoms with van der Waals surface area (Å²) in [5.41, 5.74) is 0.441. The molecule has 2 aliphatic rings. The Morgan fingerprint density at radius 3 is 2.38 bits per heavy atom. The topological polar surface area (TPSA) is 162 Å². The standard InChI is InChI=1S/C24H35ClN5O9P/c1-5-35-40(33,36-6-2)13-34-23-20(38-15(4)32)19(37-14(3)31)18(39-23)12-30-22-17(11-26-30)21(28-24(25)29-22)27-16-9-7-8-10-16/h11,16,18-20,23H,5-10,12-13H2,1-4H3,(H,27,28,29)/t18-,19+,20+,23?/m1/s1. The van der Waals surface area contributed by atoms with E-state index < -0.39 is 50.5 Å².